The fourth-order valence-corrected chi connectivity index (χ4v) is 3.32. The molecule has 0 unspecified atom stereocenters. The number of hydrogen-bond acceptors (Lipinski definition) is 3. The first-order valence-electron chi connectivity index (χ1n) is 8.55. The van der Waals surface area contributed by atoms with Crippen molar-refractivity contribution in [3.63, 3.8) is 0 Å². The second-order valence-corrected chi connectivity index (χ2v) is 6.45. The van der Waals surface area contributed by atoms with Crippen LogP contribution in [0.3, 0.4) is 0 Å². The predicted octanol–water partition coefficient (Wildman–Crippen LogP) is 3.19. The summed E-state index contributed by atoms with van der Waals surface area (Å²) in [5.41, 5.74) is 0.610. The molecule has 0 bridgehead atoms. The molecule has 0 atom stereocenters. The molecular formula is C19H27N3O. The molecule has 0 heterocycles. The predicted molar refractivity (Wildman–Crippen MR) is 91.6 cm³/mol. The van der Waals surface area contributed by atoms with Gasteiger partial charge in [-0.25, -0.2) is 0 Å². The van der Waals surface area contributed by atoms with E-state index in [1.165, 1.54) is 12.0 Å². The highest BCUT2D eigenvalue weighted by Gasteiger charge is 2.38. The average molecular weight is 313 g/mol. The standard InChI is InChI=1S/C19H27N3O/c1-3-22(14-17-10-6-4-7-11-17)15-18(23)21(2)19(16-20)12-8-5-9-13-19/h4,6-7,10-11H,3,5,8-9,12-15H2,1-2H3. The second-order valence-electron chi connectivity index (χ2n) is 6.45. The molecule has 1 aromatic rings. The molecule has 1 fully saturated rings. The van der Waals surface area contributed by atoms with E-state index in [1.807, 2.05) is 18.2 Å². The van der Waals surface area contributed by atoms with E-state index in [2.05, 4.69) is 30.0 Å². The summed E-state index contributed by atoms with van der Waals surface area (Å²) in [6.07, 6.45) is 4.84. The lowest BCUT2D eigenvalue weighted by Gasteiger charge is -2.39. The van der Waals surface area contributed by atoms with Gasteiger partial charge in [0.1, 0.15) is 5.54 Å². The summed E-state index contributed by atoms with van der Waals surface area (Å²) in [6.45, 7) is 4.01. The van der Waals surface area contributed by atoms with Crippen LogP contribution in [-0.4, -0.2) is 41.4 Å². The Morgan fingerprint density at radius 3 is 2.43 bits per heavy atom. The van der Waals surface area contributed by atoms with Gasteiger partial charge in [-0.3, -0.25) is 9.69 Å². The number of hydrogen-bond donors (Lipinski definition) is 0. The Hall–Kier alpha value is -1.86. The molecule has 0 spiro atoms. The minimum Gasteiger partial charge on any atom is -0.326 e. The van der Waals surface area contributed by atoms with E-state index < -0.39 is 5.54 Å². The zero-order valence-electron chi connectivity index (χ0n) is 14.3. The summed E-state index contributed by atoms with van der Waals surface area (Å²) in [6, 6.07) is 12.6. The van der Waals surface area contributed by atoms with Crippen LogP contribution in [0.4, 0.5) is 0 Å². The SMILES string of the molecule is CCN(CC(=O)N(C)C1(C#N)CCCCC1)Cc1ccccc1. The van der Waals surface area contributed by atoms with Crippen molar-refractivity contribution in [2.75, 3.05) is 20.1 Å². The summed E-state index contributed by atoms with van der Waals surface area (Å²) in [4.78, 5) is 16.5. The molecule has 0 aliphatic heterocycles. The summed E-state index contributed by atoms with van der Waals surface area (Å²) >= 11 is 0. The zero-order chi connectivity index (χ0) is 16.7. The molecule has 0 aromatic heterocycles. The number of carbonyl (C=O) groups excluding carboxylic acids is 1. The molecule has 1 amide bonds. The molecule has 1 saturated carbocycles. The zero-order valence-corrected chi connectivity index (χ0v) is 14.3. The maximum atomic E-state index is 12.7. The third kappa shape index (κ3) is 4.33. The van der Waals surface area contributed by atoms with Gasteiger partial charge < -0.3 is 4.90 Å². The highest BCUT2D eigenvalue weighted by Crippen LogP contribution is 2.32. The molecule has 4 heteroatoms. The first kappa shape index (κ1) is 17.5. The van der Waals surface area contributed by atoms with Crippen molar-refractivity contribution < 1.29 is 4.79 Å². The van der Waals surface area contributed by atoms with Gasteiger partial charge in [0.05, 0.1) is 12.6 Å². The number of amides is 1. The summed E-state index contributed by atoms with van der Waals surface area (Å²) in [5.74, 6) is 0.0474. The Labute approximate surface area is 139 Å². The largest absolute Gasteiger partial charge is 0.326 e. The van der Waals surface area contributed by atoms with E-state index in [1.54, 1.807) is 11.9 Å². The number of rotatable bonds is 6. The van der Waals surface area contributed by atoms with Crippen LogP contribution in [0.25, 0.3) is 0 Å². The summed E-state index contributed by atoms with van der Waals surface area (Å²) in [5, 5.41) is 9.63. The minimum atomic E-state index is -0.596. The van der Waals surface area contributed by atoms with E-state index in [0.29, 0.717) is 6.54 Å². The average Bonchev–Trinajstić information content (AvgIpc) is 2.61. The highest BCUT2D eigenvalue weighted by atomic mass is 16.2. The number of nitriles is 1. The van der Waals surface area contributed by atoms with E-state index in [4.69, 9.17) is 0 Å². The summed E-state index contributed by atoms with van der Waals surface area (Å²) in [7, 11) is 1.80. The first-order chi connectivity index (χ1) is 11.1. The molecule has 1 aromatic carbocycles. The topological polar surface area (TPSA) is 47.3 Å². The van der Waals surface area contributed by atoms with Crippen LogP contribution < -0.4 is 0 Å². The van der Waals surface area contributed by atoms with Crippen molar-refractivity contribution in [2.24, 2.45) is 0 Å². The van der Waals surface area contributed by atoms with Gasteiger partial charge in [-0.1, -0.05) is 56.5 Å². The Morgan fingerprint density at radius 1 is 1.22 bits per heavy atom. The van der Waals surface area contributed by atoms with Gasteiger partial charge >= 0.3 is 0 Å². The Bertz CT molecular complexity index is 543. The fourth-order valence-electron chi connectivity index (χ4n) is 3.32. The number of benzene rings is 1. The van der Waals surface area contributed by atoms with Gasteiger partial charge in [0, 0.05) is 13.6 Å². The normalized spacial score (nSPS) is 16.8. The molecule has 2 rings (SSSR count). The van der Waals surface area contributed by atoms with Crippen LogP contribution in [0.1, 0.15) is 44.6 Å². The van der Waals surface area contributed by atoms with Gasteiger partial charge in [-0.2, -0.15) is 5.26 Å². The quantitative estimate of drug-likeness (QED) is 0.810. The van der Waals surface area contributed by atoms with Gasteiger partial charge in [0.2, 0.25) is 5.91 Å². The molecule has 124 valence electrons. The van der Waals surface area contributed by atoms with Gasteiger partial charge in [-0.05, 0) is 24.9 Å². The van der Waals surface area contributed by atoms with Gasteiger partial charge in [0.15, 0.2) is 0 Å². The van der Waals surface area contributed by atoms with Crippen LogP contribution in [0.5, 0.6) is 0 Å². The molecule has 4 nitrogen and oxygen atoms in total. The lowest BCUT2D eigenvalue weighted by atomic mass is 9.81. The van der Waals surface area contributed by atoms with Crippen LogP contribution in [0.15, 0.2) is 30.3 Å². The van der Waals surface area contributed by atoms with E-state index >= 15 is 0 Å². The molecule has 1 aliphatic carbocycles. The molecule has 0 radical (unpaired) electrons. The summed E-state index contributed by atoms with van der Waals surface area (Å²) < 4.78 is 0. The smallest absolute Gasteiger partial charge is 0.237 e. The maximum absolute atomic E-state index is 12.7. The third-order valence-corrected chi connectivity index (χ3v) is 4.96. The fraction of sp³-hybridized carbons (Fsp3) is 0.579. The van der Waals surface area contributed by atoms with E-state index in [9.17, 15) is 10.1 Å². The van der Waals surface area contributed by atoms with Crippen molar-refractivity contribution in [3.05, 3.63) is 35.9 Å². The van der Waals surface area contributed by atoms with Crippen LogP contribution in [0.2, 0.25) is 0 Å². The maximum Gasteiger partial charge on any atom is 0.237 e. The van der Waals surface area contributed by atoms with Crippen molar-refractivity contribution in [2.45, 2.75) is 51.1 Å². The minimum absolute atomic E-state index is 0.0474. The Balaban J connectivity index is 1.99. The van der Waals surface area contributed by atoms with Crippen molar-refractivity contribution >= 4 is 5.91 Å². The van der Waals surface area contributed by atoms with Crippen LogP contribution in [-0.2, 0) is 11.3 Å². The number of nitrogens with zero attached hydrogens (tertiary/aromatic N) is 3. The number of likely N-dealkylation sites (N-methyl/N-ethyl adjacent to an activating group) is 2. The Morgan fingerprint density at radius 2 is 1.87 bits per heavy atom. The molecular weight excluding hydrogens is 286 g/mol. The highest BCUT2D eigenvalue weighted by molar-refractivity contribution is 5.79. The lowest BCUT2D eigenvalue weighted by molar-refractivity contribution is -0.136. The van der Waals surface area contributed by atoms with Crippen LogP contribution in [0, 0.1) is 11.3 Å². The van der Waals surface area contributed by atoms with Crippen LogP contribution >= 0.6 is 0 Å². The molecule has 1 aliphatic rings. The monoisotopic (exact) mass is 313 g/mol. The molecule has 0 N–H and O–H groups in total. The molecule has 0 saturated heterocycles. The van der Waals surface area contributed by atoms with E-state index in [-0.39, 0.29) is 5.91 Å². The van der Waals surface area contributed by atoms with Crippen molar-refractivity contribution in [1.82, 2.24) is 9.80 Å². The van der Waals surface area contributed by atoms with Crippen molar-refractivity contribution in [3.8, 4) is 6.07 Å². The second kappa shape index (κ2) is 8.12. The Kier molecular flexibility index (Phi) is 6.18. The van der Waals surface area contributed by atoms with E-state index in [0.717, 1.165) is 38.8 Å². The number of carbonyl (C=O) groups is 1. The molecule has 23 heavy (non-hydrogen) atoms. The van der Waals surface area contributed by atoms with Gasteiger partial charge in [0.25, 0.3) is 0 Å². The van der Waals surface area contributed by atoms with Gasteiger partial charge in [-0.15, -0.1) is 0 Å². The third-order valence-electron chi connectivity index (χ3n) is 4.96. The van der Waals surface area contributed by atoms with Crippen molar-refractivity contribution in [1.29, 1.82) is 5.26 Å². The first-order valence-corrected chi connectivity index (χ1v) is 8.55. The lowest BCUT2D eigenvalue weighted by Crippen LogP contribution is -2.52.